The van der Waals surface area contributed by atoms with Gasteiger partial charge in [-0.05, 0) is 31.0 Å². The number of piperazine rings is 1. The van der Waals surface area contributed by atoms with Crippen LogP contribution in [-0.4, -0.2) is 54.1 Å². The summed E-state index contributed by atoms with van der Waals surface area (Å²) in [5, 5.41) is 0. The van der Waals surface area contributed by atoms with Crippen molar-refractivity contribution in [3.05, 3.63) is 47.2 Å². The largest absolute Gasteiger partial charge is 0.354 e. The van der Waals surface area contributed by atoms with Crippen molar-refractivity contribution in [2.45, 2.75) is 26.8 Å². The standard InChI is InChI=1S/C20H27N5/c1-3-23-10-12-24(13-11-23)19-14-16(2)21-20(22-19)25-9-8-17-6-4-5-7-18(17)15-25/h4-7,14H,3,8-13,15H2,1-2H3. The van der Waals surface area contributed by atoms with Gasteiger partial charge < -0.3 is 14.7 Å². The molecule has 1 aromatic heterocycles. The fraction of sp³-hybridized carbons (Fsp3) is 0.500. The van der Waals surface area contributed by atoms with Crippen LogP contribution in [0.4, 0.5) is 11.8 Å². The molecule has 5 nitrogen and oxygen atoms in total. The predicted molar refractivity (Wildman–Crippen MR) is 102 cm³/mol. The van der Waals surface area contributed by atoms with Crippen molar-refractivity contribution in [3.8, 4) is 0 Å². The van der Waals surface area contributed by atoms with Crippen LogP contribution in [0.25, 0.3) is 0 Å². The van der Waals surface area contributed by atoms with Gasteiger partial charge in [0.25, 0.3) is 0 Å². The van der Waals surface area contributed by atoms with Gasteiger partial charge in [0.2, 0.25) is 5.95 Å². The Balaban J connectivity index is 1.54. The van der Waals surface area contributed by atoms with Crippen LogP contribution in [0, 0.1) is 6.92 Å². The molecule has 0 aliphatic carbocycles. The van der Waals surface area contributed by atoms with Gasteiger partial charge in [0.1, 0.15) is 5.82 Å². The molecule has 5 heteroatoms. The van der Waals surface area contributed by atoms with E-state index in [-0.39, 0.29) is 0 Å². The molecule has 0 atom stereocenters. The van der Waals surface area contributed by atoms with Crippen LogP contribution in [0.15, 0.2) is 30.3 Å². The third-order valence-corrected chi connectivity index (χ3v) is 5.39. The number of hydrogen-bond donors (Lipinski definition) is 0. The molecule has 4 rings (SSSR count). The molecular weight excluding hydrogens is 310 g/mol. The summed E-state index contributed by atoms with van der Waals surface area (Å²) < 4.78 is 0. The van der Waals surface area contributed by atoms with E-state index in [2.05, 4.69) is 58.9 Å². The minimum absolute atomic E-state index is 0.877. The lowest BCUT2D eigenvalue weighted by Crippen LogP contribution is -2.46. The Morgan fingerprint density at radius 3 is 2.44 bits per heavy atom. The molecule has 0 spiro atoms. The van der Waals surface area contributed by atoms with Gasteiger partial charge in [0.05, 0.1) is 0 Å². The predicted octanol–water partition coefficient (Wildman–Crippen LogP) is 2.49. The number of nitrogens with zero attached hydrogens (tertiary/aromatic N) is 5. The quantitative estimate of drug-likeness (QED) is 0.860. The number of fused-ring (bicyclic) bond motifs is 1. The molecule has 0 bridgehead atoms. The normalized spacial score (nSPS) is 18.3. The maximum Gasteiger partial charge on any atom is 0.227 e. The van der Waals surface area contributed by atoms with Gasteiger partial charge in [0.15, 0.2) is 0 Å². The van der Waals surface area contributed by atoms with Crippen molar-refractivity contribution in [3.63, 3.8) is 0 Å². The van der Waals surface area contributed by atoms with Crippen LogP contribution in [-0.2, 0) is 13.0 Å². The van der Waals surface area contributed by atoms with E-state index < -0.39 is 0 Å². The van der Waals surface area contributed by atoms with Gasteiger partial charge in [0, 0.05) is 51.0 Å². The zero-order valence-electron chi connectivity index (χ0n) is 15.3. The monoisotopic (exact) mass is 337 g/mol. The number of anilines is 2. The first kappa shape index (κ1) is 16.3. The lowest BCUT2D eigenvalue weighted by atomic mass is 10.0. The van der Waals surface area contributed by atoms with Gasteiger partial charge in [-0.1, -0.05) is 31.2 Å². The molecule has 1 saturated heterocycles. The van der Waals surface area contributed by atoms with Crippen molar-refractivity contribution in [2.24, 2.45) is 0 Å². The van der Waals surface area contributed by atoms with Crippen LogP contribution in [0.1, 0.15) is 23.7 Å². The Bertz CT molecular complexity index is 737. The fourth-order valence-electron chi connectivity index (χ4n) is 3.80. The van der Waals surface area contributed by atoms with Gasteiger partial charge >= 0.3 is 0 Å². The van der Waals surface area contributed by atoms with Gasteiger partial charge in [-0.2, -0.15) is 4.98 Å². The summed E-state index contributed by atoms with van der Waals surface area (Å²) in [6, 6.07) is 10.8. The van der Waals surface area contributed by atoms with E-state index >= 15 is 0 Å². The number of aromatic nitrogens is 2. The third kappa shape index (κ3) is 3.47. The summed E-state index contributed by atoms with van der Waals surface area (Å²) in [7, 11) is 0. The molecule has 0 saturated carbocycles. The van der Waals surface area contributed by atoms with Crippen molar-refractivity contribution < 1.29 is 0 Å². The van der Waals surface area contributed by atoms with Crippen molar-refractivity contribution >= 4 is 11.8 Å². The average molecular weight is 337 g/mol. The van der Waals surface area contributed by atoms with E-state index in [0.717, 1.165) is 69.7 Å². The van der Waals surface area contributed by atoms with Crippen LogP contribution < -0.4 is 9.80 Å². The topological polar surface area (TPSA) is 35.5 Å². The molecule has 0 radical (unpaired) electrons. The Morgan fingerprint density at radius 1 is 0.920 bits per heavy atom. The lowest BCUT2D eigenvalue weighted by Gasteiger charge is -2.35. The third-order valence-electron chi connectivity index (χ3n) is 5.39. The maximum atomic E-state index is 4.93. The second-order valence-electron chi connectivity index (χ2n) is 7.03. The molecule has 0 unspecified atom stereocenters. The molecule has 0 N–H and O–H groups in total. The fourth-order valence-corrected chi connectivity index (χ4v) is 3.80. The summed E-state index contributed by atoms with van der Waals surface area (Å²) in [5.74, 6) is 1.96. The van der Waals surface area contributed by atoms with Crippen LogP contribution in [0.2, 0.25) is 0 Å². The molecule has 25 heavy (non-hydrogen) atoms. The molecule has 132 valence electrons. The lowest BCUT2D eigenvalue weighted by molar-refractivity contribution is 0.270. The SMILES string of the molecule is CCN1CCN(c2cc(C)nc(N3CCc4ccccc4C3)n2)CC1. The average Bonchev–Trinajstić information content (AvgIpc) is 2.67. The second-order valence-corrected chi connectivity index (χ2v) is 7.03. The Kier molecular flexibility index (Phi) is 4.57. The molecular formula is C20H27N5. The zero-order valence-corrected chi connectivity index (χ0v) is 15.3. The van der Waals surface area contributed by atoms with E-state index in [1.807, 2.05) is 0 Å². The molecule has 3 heterocycles. The molecule has 2 aliphatic heterocycles. The van der Waals surface area contributed by atoms with Crippen LogP contribution in [0.5, 0.6) is 0 Å². The zero-order chi connectivity index (χ0) is 17.2. The van der Waals surface area contributed by atoms with Crippen molar-refractivity contribution in [1.29, 1.82) is 0 Å². The van der Waals surface area contributed by atoms with Gasteiger partial charge in [-0.3, -0.25) is 0 Å². The highest BCUT2D eigenvalue weighted by molar-refractivity contribution is 5.48. The first-order valence-electron chi connectivity index (χ1n) is 9.37. The summed E-state index contributed by atoms with van der Waals surface area (Å²) in [6.45, 7) is 11.7. The smallest absolute Gasteiger partial charge is 0.227 e. The molecule has 2 aromatic rings. The molecule has 1 fully saturated rings. The van der Waals surface area contributed by atoms with Crippen molar-refractivity contribution in [2.75, 3.05) is 49.1 Å². The first-order chi connectivity index (χ1) is 12.2. The van der Waals surface area contributed by atoms with E-state index in [9.17, 15) is 0 Å². The Labute approximate surface area is 150 Å². The highest BCUT2D eigenvalue weighted by atomic mass is 15.3. The summed E-state index contributed by atoms with van der Waals surface area (Å²) in [6.07, 6.45) is 1.07. The van der Waals surface area contributed by atoms with E-state index in [4.69, 9.17) is 9.97 Å². The highest BCUT2D eigenvalue weighted by Gasteiger charge is 2.21. The second kappa shape index (κ2) is 7.00. The van der Waals surface area contributed by atoms with Crippen molar-refractivity contribution in [1.82, 2.24) is 14.9 Å². The summed E-state index contributed by atoms with van der Waals surface area (Å²) in [5.41, 5.74) is 3.91. The van der Waals surface area contributed by atoms with E-state index in [1.165, 1.54) is 11.1 Å². The minimum Gasteiger partial charge on any atom is -0.354 e. The van der Waals surface area contributed by atoms with Crippen LogP contribution in [0.3, 0.4) is 0 Å². The van der Waals surface area contributed by atoms with Gasteiger partial charge in [-0.15, -0.1) is 0 Å². The molecule has 0 amide bonds. The number of hydrogen-bond acceptors (Lipinski definition) is 5. The van der Waals surface area contributed by atoms with E-state index in [0.29, 0.717) is 0 Å². The summed E-state index contributed by atoms with van der Waals surface area (Å²) in [4.78, 5) is 16.9. The Hall–Kier alpha value is -2.14. The first-order valence-corrected chi connectivity index (χ1v) is 9.37. The number of benzene rings is 1. The van der Waals surface area contributed by atoms with Gasteiger partial charge in [-0.25, -0.2) is 4.98 Å². The summed E-state index contributed by atoms with van der Waals surface area (Å²) >= 11 is 0. The minimum atomic E-state index is 0.877. The number of aryl methyl sites for hydroxylation is 1. The Morgan fingerprint density at radius 2 is 1.68 bits per heavy atom. The number of likely N-dealkylation sites (N-methyl/N-ethyl adjacent to an activating group) is 1. The van der Waals surface area contributed by atoms with E-state index in [1.54, 1.807) is 0 Å². The number of rotatable bonds is 3. The highest BCUT2D eigenvalue weighted by Crippen LogP contribution is 2.24. The maximum absolute atomic E-state index is 4.93. The van der Waals surface area contributed by atoms with Crippen LogP contribution >= 0.6 is 0 Å². The molecule has 1 aromatic carbocycles. The molecule has 2 aliphatic rings.